The molecule has 0 amide bonds. The van der Waals surface area contributed by atoms with Crippen molar-refractivity contribution in [1.29, 1.82) is 0 Å². The summed E-state index contributed by atoms with van der Waals surface area (Å²) in [7, 11) is 1.13. The maximum Gasteiger partial charge on any atom is 0.338 e. The Balaban J connectivity index is 2.19. The first-order valence-electron chi connectivity index (χ1n) is 6.01. The molecule has 1 fully saturated rings. The Labute approximate surface area is 136 Å². The lowest BCUT2D eigenvalue weighted by Crippen LogP contribution is -2.18. The van der Waals surface area contributed by atoms with E-state index in [1.807, 2.05) is 0 Å². The molecule has 1 atom stereocenters. The number of halogens is 3. The van der Waals surface area contributed by atoms with Crippen LogP contribution >= 0.6 is 33.9 Å². The molecule has 9 heteroatoms. The van der Waals surface area contributed by atoms with Crippen LogP contribution in [0.5, 0.6) is 0 Å². The summed E-state index contributed by atoms with van der Waals surface area (Å²) in [5, 5.41) is -0.329. The molecule has 0 aromatic heterocycles. The molecule has 116 valence electrons. The van der Waals surface area contributed by atoms with Crippen LogP contribution in [-0.2, 0) is 18.5 Å². The molecule has 0 radical (unpaired) electrons. The lowest BCUT2D eigenvalue weighted by atomic mass is 10.2. The van der Waals surface area contributed by atoms with Crippen molar-refractivity contribution in [3.8, 4) is 0 Å². The van der Waals surface area contributed by atoms with Crippen LogP contribution < -0.4 is 0 Å². The summed E-state index contributed by atoms with van der Waals surface area (Å²) in [6.45, 7) is 0.742. The minimum absolute atomic E-state index is 0.0402. The lowest BCUT2D eigenvalue weighted by Gasteiger charge is -2.11. The van der Waals surface area contributed by atoms with E-state index >= 15 is 0 Å². The molecule has 0 saturated carbocycles. The minimum Gasteiger partial charge on any atom is -0.459 e. The normalized spacial score (nSPS) is 18.7. The summed E-state index contributed by atoms with van der Waals surface area (Å²) in [4.78, 5) is 11.5. The standard InChI is InChI=1S/C12H11Cl3O5S/c13-9-4-7(5-10(11(9)14)21(15,17)18)12(16)20-6-8-2-1-3-19-8/h4-5,8H,1-3,6H2. The lowest BCUT2D eigenvalue weighted by molar-refractivity contribution is 0.0161. The van der Waals surface area contributed by atoms with Crippen molar-refractivity contribution >= 4 is 48.9 Å². The van der Waals surface area contributed by atoms with Crippen molar-refractivity contribution in [2.24, 2.45) is 0 Å². The first-order valence-corrected chi connectivity index (χ1v) is 9.08. The first kappa shape index (κ1) is 16.8. The second kappa shape index (κ2) is 6.71. The Morgan fingerprint density at radius 1 is 1.38 bits per heavy atom. The van der Waals surface area contributed by atoms with E-state index in [4.69, 9.17) is 43.4 Å². The second-order valence-corrected chi connectivity index (χ2v) is 7.76. The molecule has 21 heavy (non-hydrogen) atoms. The predicted octanol–water partition coefficient (Wildman–Crippen LogP) is 3.26. The number of benzene rings is 1. The maximum absolute atomic E-state index is 11.9. The van der Waals surface area contributed by atoms with E-state index < -0.39 is 19.9 Å². The van der Waals surface area contributed by atoms with Crippen LogP contribution in [0.2, 0.25) is 10.0 Å². The Hall–Kier alpha value is -0.530. The Morgan fingerprint density at radius 3 is 2.67 bits per heavy atom. The van der Waals surface area contributed by atoms with Crippen LogP contribution in [0, 0.1) is 0 Å². The van der Waals surface area contributed by atoms with E-state index in [0.717, 1.165) is 18.9 Å². The molecule has 1 heterocycles. The largest absolute Gasteiger partial charge is 0.459 e. The van der Waals surface area contributed by atoms with Gasteiger partial charge in [0.15, 0.2) is 0 Å². The van der Waals surface area contributed by atoms with Crippen molar-refractivity contribution in [2.75, 3.05) is 13.2 Å². The highest BCUT2D eigenvalue weighted by Gasteiger charge is 2.23. The Bertz CT molecular complexity index is 653. The topological polar surface area (TPSA) is 69.7 Å². The SMILES string of the molecule is O=C(OCC1CCCO1)c1cc(Cl)c(Cl)c(S(=O)(=O)Cl)c1. The summed E-state index contributed by atoms with van der Waals surface area (Å²) >= 11 is 11.6. The highest BCUT2D eigenvalue weighted by molar-refractivity contribution is 8.13. The van der Waals surface area contributed by atoms with E-state index in [0.29, 0.717) is 6.61 Å². The number of rotatable bonds is 4. The fourth-order valence-corrected chi connectivity index (χ4v) is 3.65. The third-order valence-electron chi connectivity index (χ3n) is 2.92. The van der Waals surface area contributed by atoms with Gasteiger partial charge in [-0.05, 0) is 25.0 Å². The van der Waals surface area contributed by atoms with Gasteiger partial charge in [0.1, 0.15) is 11.5 Å². The van der Waals surface area contributed by atoms with Crippen molar-refractivity contribution in [1.82, 2.24) is 0 Å². The van der Waals surface area contributed by atoms with Gasteiger partial charge in [0.2, 0.25) is 0 Å². The van der Waals surface area contributed by atoms with Gasteiger partial charge in [-0.1, -0.05) is 23.2 Å². The van der Waals surface area contributed by atoms with E-state index in [2.05, 4.69) is 0 Å². The zero-order chi connectivity index (χ0) is 15.6. The van der Waals surface area contributed by atoms with E-state index in [1.165, 1.54) is 6.07 Å². The molecule has 1 saturated heterocycles. The van der Waals surface area contributed by atoms with E-state index in [1.54, 1.807) is 0 Å². The number of hydrogen-bond acceptors (Lipinski definition) is 5. The third-order valence-corrected chi connectivity index (χ3v) is 5.18. The molecular formula is C12H11Cl3O5S. The molecule has 1 unspecified atom stereocenters. The van der Waals surface area contributed by atoms with Crippen LogP contribution in [0.3, 0.4) is 0 Å². The van der Waals surface area contributed by atoms with Crippen molar-refractivity contribution in [3.05, 3.63) is 27.7 Å². The van der Waals surface area contributed by atoms with Gasteiger partial charge in [0.05, 0.1) is 21.7 Å². The second-order valence-electron chi connectivity index (χ2n) is 4.44. The molecular weight excluding hydrogens is 363 g/mol. The summed E-state index contributed by atoms with van der Waals surface area (Å²) < 4.78 is 33.2. The van der Waals surface area contributed by atoms with E-state index in [-0.39, 0.29) is 28.3 Å². The molecule has 2 rings (SSSR count). The number of esters is 1. The molecule has 1 aromatic carbocycles. The van der Waals surface area contributed by atoms with Crippen molar-refractivity contribution < 1.29 is 22.7 Å². The number of carbonyl (C=O) groups is 1. The highest BCUT2D eigenvalue weighted by atomic mass is 35.7. The van der Waals surface area contributed by atoms with Crippen molar-refractivity contribution in [2.45, 2.75) is 23.8 Å². The fourth-order valence-electron chi connectivity index (χ4n) is 1.89. The van der Waals surface area contributed by atoms with Gasteiger partial charge < -0.3 is 9.47 Å². The number of hydrogen-bond donors (Lipinski definition) is 0. The monoisotopic (exact) mass is 372 g/mol. The quantitative estimate of drug-likeness (QED) is 0.598. The summed E-state index contributed by atoms with van der Waals surface area (Å²) in [6, 6.07) is 2.27. The average molecular weight is 374 g/mol. The first-order chi connectivity index (χ1) is 9.79. The van der Waals surface area contributed by atoms with Crippen LogP contribution in [0.4, 0.5) is 0 Å². The van der Waals surface area contributed by atoms with Gasteiger partial charge in [-0.15, -0.1) is 0 Å². The summed E-state index contributed by atoms with van der Waals surface area (Å²) in [6.07, 6.45) is 1.60. The van der Waals surface area contributed by atoms with Gasteiger partial charge in [0, 0.05) is 17.3 Å². The zero-order valence-corrected chi connectivity index (χ0v) is 13.7. The summed E-state index contributed by atoms with van der Waals surface area (Å²) in [5.41, 5.74) is -0.0402. The predicted molar refractivity (Wildman–Crippen MR) is 78.8 cm³/mol. The minimum atomic E-state index is -4.12. The van der Waals surface area contributed by atoms with E-state index in [9.17, 15) is 13.2 Å². The van der Waals surface area contributed by atoms with Crippen molar-refractivity contribution in [3.63, 3.8) is 0 Å². The Kier molecular flexibility index (Phi) is 5.38. The Morgan fingerprint density at radius 2 is 2.10 bits per heavy atom. The number of ether oxygens (including phenoxy) is 2. The zero-order valence-electron chi connectivity index (χ0n) is 10.6. The fraction of sp³-hybridized carbons (Fsp3) is 0.417. The summed E-state index contributed by atoms with van der Waals surface area (Å²) in [5.74, 6) is -0.717. The molecule has 1 aromatic rings. The molecule has 0 bridgehead atoms. The van der Waals surface area contributed by atoms with Crippen LogP contribution in [0.1, 0.15) is 23.2 Å². The third kappa shape index (κ3) is 4.23. The van der Waals surface area contributed by atoms with Crippen LogP contribution in [0.15, 0.2) is 17.0 Å². The molecule has 0 aliphatic carbocycles. The molecule has 1 aliphatic heterocycles. The van der Waals surface area contributed by atoms with Gasteiger partial charge in [-0.25, -0.2) is 13.2 Å². The smallest absolute Gasteiger partial charge is 0.338 e. The highest BCUT2D eigenvalue weighted by Crippen LogP contribution is 2.33. The molecule has 0 N–H and O–H groups in total. The molecule has 1 aliphatic rings. The average Bonchev–Trinajstić information content (AvgIpc) is 2.90. The maximum atomic E-state index is 11.9. The van der Waals surface area contributed by atoms with Crippen LogP contribution in [-0.4, -0.2) is 33.7 Å². The van der Waals surface area contributed by atoms with Gasteiger partial charge in [0.25, 0.3) is 9.05 Å². The molecule has 0 spiro atoms. The van der Waals surface area contributed by atoms with Gasteiger partial charge >= 0.3 is 5.97 Å². The molecule has 5 nitrogen and oxygen atoms in total. The number of carbonyl (C=O) groups excluding carboxylic acids is 1. The van der Waals surface area contributed by atoms with Gasteiger partial charge in [-0.3, -0.25) is 0 Å². The van der Waals surface area contributed by atoms with Gasteiger partial charge in [-0.2, -0.15) is 0 Å². The van der Waals surface area contributed by atoms with Crippen LogP contribution in [0.25, 0.3) is 0 Å².